The van der Waals surface area contributed by atoms with Crippen molar-refractivity contribution in [2.45, 2.75) is 27.7 Å². The summed E-state index contributed by atoms with van der Waals surface area (Å²) < 4.78 is 10.6. The standard InChI is InChI=1S/2C11H11O.2ClH.Zr/c2*1-8-6-9(2)10(7-8)11-4-3-5-12-11;;;/h2*3-6,8H,1-2H3;2*1H;/q2*-1;;;+4/p-2. The van der Waals surface area contributed by atoms with Crippen molar-refractivity contribution in [3.63, 3.8) is 0 Å². The minimum atomic E-state index is 0. The molecule has 0 saturated heterocycles. The van der Waals surface area contributed by atoms with E-state index in [1.165, 1.54) is 11.1 Å². The van der Waals surface area contributed by atoms with Crippen molar-refractivity contribution in [2.24, 2.45) is 11.8 Å². The molecular formula is C22H22Cl2O2Zr. The van der Waals surface area contributed by atoms with Gasteiger partial charge < -0.3 is 33.6 Å². The fourth-order valence-corrected chi connectivity index (χ4v) is 3.06. The summed E-state index contributed by atoms with van der Waals surface area (Å²) in [7, 11) is 0. The Kier molecular flexibility index (Phi) is 11.3. The smallest absolute Gasteiger partial charge is 1.00 e. The first-order valence-corrected chi connectivity index (χ1v) is 8.27. The zero-order valence-electron chi connectivity index (χ0n) is 15.8. The van der Waals surface area contributed by atoms with Crippen molar-refractivity contribution in [1.82, 2.24) is 0 Å². The quantitative estimate of drug-likeness (QED) is 0.572. The second kappa shape index (κ2) is 11.7. The van der Waals surface area contributed by atoms with E-state index in [1.54, 1.807) is 12.5 Å². The van der Waals surface area contributed by atoms with Gasteiger partial charge >= 0.3 is 26.2 Å². The first-order valence-electron chi connectivity index (χ1n) is 8.27. The molecule has 2 aliphatic rings. The molecule has 2 aliphatic carbocycles. The van der Waals surface area contributed by atoms with E-state index in [1.807, 2.05) is 24.3 Å². The first kappa shape index (κ1) is 26.0. The summed E-state index contributed by atoms with van der Waals surface area (Å²) in [5.41, 5.74) is 4.76. The van der Waals surface area contributed by atoms with Crippen LogP contribution in [0.25, 0.3) is 11.1 Å². The van der Waals surface area contributed by atoms with Crippen molar-refractivity contribution < 1.29 is 59.9 Å². The Morgan fingerprint density at radius 2 is 1.11 bits per heavy atom. The van der Waals surface area contributed by atoms with Gasteiger partial charge in [-0.15, -0.1) is 12.2 Å². The third kappa shape index (κ3) is 6.52. The van der Waals surface area contributed by atoms with Crippen molar-refractivity contribution in [3.05, 3.63) is 83.8 Å². The summed E-state index contributed by atoms with van der Waals surface area (Å²) in [5.74, 6) is 2.69. The molecule has 0 bridgehead atoms. The molecule has 2 aromatic rings. The van der Waals surface area contributed by atoms with E-state index in [0.29, 0.717) is 11.8 Å². The molecule has 0 aliphatic heterocycles. The Hall–Kier alpha value is -1.02. The van der Waals surface area contributed by atoms with Crippen LogP contribution in [0.1, 0.15) is 39.2 Å². The average molecular weight is 481 g/mol. The van der Waals surface area contributed by atoms with Crippen LogP contribution in [0.4, 0.5) is 0 Å². The van der Waals surface area contributed by atoms with Gasteiger partial charge in [0.15, 0.2) is 0 Å². The molecule has 2 atom stereocenters. The van der Waals surface area contributed by atoms with E-state index < -0.39 is 0 Å². The second-order valence-electron chi connectivity index (χ2n) is 6.27. The molecule has 0 amide bonds. The molecule has 0 aromatic carbocycles. The summed E-state index contributed by atoms with van der Waals surface area (Å²) in [4.78, 5) is 0. The molecule has 0 radical (unpaired) electrons. The van der Waals surface area contributed by atoms with Gasteiger partial charge in [0.1, 0.15) is 0 Å². The van der Waals surface area contributed by atoms with Crippen LogP contribution in [0, 0.1) is 24.0 Å². The maximum Gasteiger partial charge on any atom is 4.00 e. The maximum atomic E-state index is 5.30. The van der Waals surface area contributed by atoms with Crippen LogP contribution >= 0.6 is 0 Å². The molecule has 2 aromatic heterocycles. The zero-order valence-corrected chi connectivity index (χ0v) is 19.8. The molecule has 2 unspecified atom stereocenters. The van der Waals surface area contributed by atoms with Gasteiger partial charge in [-0.05, 0) is 12.1 Å². The van der Waals surface area contributed by atoms with Crippen molar-refractivity contribution in [1.29, 1.82) is 0 Å². The van der Waals surface area contributed by atoms with Crippen molar-refractivity contribution in [2.75, 3.05) is 0 Å². The van der Waals surface area contributed by atoms with Crippen molar-refractivity contribution >= 4 is 11.1 Å². The van der Waals surface area contributed by atoms with Gasteiger partial charge in [0.2, 0.25) is 0 Å². The molecule has 2 heterocycles. The largest absolute Gasteiger partial charge is 4.00 e. The summed E-state index contributed by atoms with van der Waals surface area (Å²) in [6.07, 6.45) is 14.4. The number of hydrogen-bond donors (Lipinski definition) is 0. The molecule has 27 heavy (non-hydrogen) atoms. The fraction of sp³-hybridized carbons (Fsp3) is 0.273. The number of hydrogen-bond acceptors (Lipinski definition) is 2. The minimum absolute atomic E-state index is 0. The molecule has 0 saturated carbocycles. The van der Waals surface area contributed by atoms with Gasteiger partial charge in [0, 0.05) is 11.5 Å². The third-order valence-corrected chi connectivity index (χ3v) is 4.07. The van der Waals surface area contributed by atoms with E-state index >= 15 is 0 Å². The normalized spacial score (nSPS) is 19.9. The second-order valence-corrected chi connectivity index (χ2v) is 6.27. The Balaban J connectivity index is 0.000000451. The summed E-state index contributed by atoms with van der Waals surface area (Å²) in [5, 5.41) is 0. The van der Waals surface area contributed by atoms with Gasteiger partial charge in [-0.1, -0.05) is 51.7 Å². The number of halogens is 2. The molecule has 0 N–H and O–H groups in total. The van der Waals surface area contributed by atoms with Gasteiger partial charge in [0.05, 0.1) is 12.5 Å². The van der Waals surface area contributed by atoms with E-state index in [9.17, 15) is 0 Å². The van der Waals surface area contributed by atoms with Crippen LogP contribution in [0.2, 0.25) is 0 Å². The first-order chi connectivity index (χ1) is 11.5. The van der Waals surface area contributed by atoms with Crippen LogP contribution in [0.3, 0.4) is 0 Å². The third-order valence-electron chi connectivity index (χ3n) is 4.07. The van der Waals surface area contributed by atoms with Crippen molar-refractivity contribution in [3.8, 4) is 0 Å². The molecule has 5 heteroatoms. The van der Waals surface area contributed by atoms with Crippen LogP contribution in [-0.4, -0.2) is 0 Å². The predicted molar refractivity (Wildman–Crippen MR) is 96.6 cm³/mol. The van der Waals surface area contributed by atoms with Crippen LogP contribution in [0.5, 0.6) is 0 Å². The number of allylic oxidation sites excluding steroid dienone is 8. The Bertz CT molecular complexity index is 742. The summed E-state index contributed by atoms with van der Waals surface area (Å²) >= 11 is 0. The van der Waals surface area contributed by atoms with Crippen LogP contribution in [0.15, 0.2) is 68.9 Å². The number of rotatable bonds is 2. The van der Waals surface area contributed by atoms with Gasteiger partial charge in [-0.25, -0.2) is 0 Å². The molecule has 2 nitrogen and oxygen atoms in total. The van der Waals surface area contributed by atoms with E-state index in [-0.39, 0.29) is 51.0 Å². The monoisotopic (exact) mass is 478 g/mol. The van der Waals surface area contributed by atoms with Crippen LogP contribution in [-0.2, 0) is 26.2 Å². The topological polar surface area (TPSA) is 26.3 Å². The molecular weight excluding hydrogens is 458 g/mol. The van der Waals surface area contributed by atoms with E-state index in [2.05, 4.69) is 52.0 Å². The Morgan fingerprint density at radius 1 is 0.741 bits per heavy atom. The average Bonchev–Trinajstić information content (AvgIpc) is 3.29. The van der Waals surface area contributed by atoms with Gasteiger partial charge in [-0.2, -0.15) is 34.4 Å². The predicted octanol–water partition coefficient (Wildman–Crippen LogP) is 0.130. The Labute approximate surface area is 193 Å². The zero-order chi connectivity index (χ0) is 17.1. The summed E-state index contributed by atoms with van der Waals surface area (Å²) in [6.45, 7) is 8.43. The van der Waals surface area contributed by atoms with Gasteiger partial charge in [0.25, 0.3) is 0 Å². The number of furan rings is 2. The fourth-order valence-electron chi connectivity index (χ4n) is 3.06. The van der Waals surface area contributed by atoms with E-state index in [0.717, 1.165) is 22.7 Å². The SMILES string of the molecule is CC1=CC(C)[C-]=C1c1ccco1.CC1=CC(C)[C-]=C1c1ccco1.[Cl-].[Cl-].[Zr+4]. The summed E-state index contributed by atoms with van der Waals surface area (Å²) in [6, 6.07) is 7.75. The molecule has 0 fully saturated rings. The Morgan fingerprint density at radius 3 is 1.33 bits per heavy atom. The maximum absolute atomic E-state index is 5.30. The van der Waals surface area contributed by atoms with Crippen LogP contribution < -0.4 is 24.8 Å². The van der Waals surface area contributed by atoms with E-state index in [4.69, 9.17) is 8.83 Å². The molecule has 140 valence electrons. The van der Waals surface area contributed by atoms with Gasteiger partial charge in [-0.3, -0.25) is 0 Å². The molecule has 4 rings (SSSR count). The molecule has 0 spiro atoms. The minimum Gasteiger partial charge on any atom is -1.00 e.